The Hall–Kier alpha value is -1.62. The Morgan fingerprint density at radius 1 is 1.62 bits per heavy atom. The van der Waals surface area contributed by atoms with Crippen LogP contribution in [0.2, 0.25) is 0 Å². The van der Waals surface area contributed by atoms with Crippen molar-refractivity contribution >= 4 is 6.09 Å². The molecule has 0 aromatic carbocycles. The van der Waals surface area contributed by atoms with Crippen LogP contribution in [-0.4, -0.2) is 35.7 Å². The van der Waals surface area contributed by atoms with Crippen LogP contribution in [0.3, 0.4) is 0 Å². The van der Waals surface area contributed by atoms with Gasteiger partial charge in [-0.05, 0) is 11.6 Å². The van der Waals surface area contributed by atoms with Gasteiger partial charge < -0.3 is 15.4 Å². The van der Waals surface area contributed by atoms with Crippen LogP contribution in [0.15, 0.2) is 24.5 Å². The molecule has 1 amide bonds. The molecule has 0 bridgehead atoms. The summed E-state index contributed by atoms with van der Waals surface area (Å²) in [5, 5.41) is 0. The summed E-state index contributed by atoms with van der Waals surface area (Å²) in [7, 11) is 0. The van der Waals surface area contributed by atoms with Crippen LogP contribution < -0.4 is 5.73 Å². The van der Waals surface area contributed by atoms with Crippen molar-refractivity contribution in [2.24, 2.45) is 11.7 Å². The molecule has 86 valence electrons. The molecule has 1 aromatic rings. The Bertz CT molecular complexity index is 356. The number of ether oxygens (including phenoxy) is 1. The number of amides is 1. The fourth-order valence-corrected chi connectivity index (χ4v) is 1.70. The van der Waals surface area contributed by atoms with Crippen molar-refractivity contribution in [2.75, 3.05) is 19.7 Å². The van der Waals surface area contributed by atoms with E-state index in [1.807, 2.05) is 12.1 Å². The third-order valence-corrected chi connectivity index (χ3v) is 2.61. The highest BCUT2D eigenvalue weighted by Gasteiger charge is 2.26. The molecule has 1 fully saturated rings. The first-order chi connectivity index (χ1) is 7.79. The van der Waals surface area contributed by atoms with E-state index in [1.54, 1.807) is 17.3 Å². The normalized spacial score (nSPS) is 20.7. The minimum atomic E-state index is -0.270. The largest absolute Gasteiger partial charge is 0.449 e. The number of nitrogens with zero attached hydrogens (tertiary/aromatic N) is 2. The molecule has 0 spiro atoms. The molecule has 2 N–H and O–H groups in total. The molecule has 1 unspecified atom stereocenters. The van der Waals surface area contributed by atoms with Crippen molar-refractivity contribution in [3.05, 3.63) is 30.1 Å². The quantitative estimate of drug-likeness (QED) is 0.812. The topological polar surface area (TPSA) is 68.5 Å². The molecule has 2 rings (SSSR count). The maximum atomic E-state index is 11.5. The van der Waals surface area contributed by atoms with Crippen molar-refractivity contribution < 1.29 is 9.53 Å². The van der Waals surface area contributed by atoms with Crippen LogP contribution in [0.5, 0.6) is 0 Å². The number of cyclic esters (lactones) is 1. The summed E-state index contributed by atoms with van der Waals surface area (Å²) in [5.74, 6) is 0.231. The molecule has 1 aliphatic rings. The molecule has 1 aliphatic heterocycles. The first-order valence-electron chi connectivity index (χ1n) is 5.30. The predicted octanol–water partition coefficient (Wildman–Crippen LogP) is 0.609. The zero-order chi connectivity index (χ0) is 11.4. The molecule has 5 nitrogen and oxygen atoms in total. The lowest BCUT2D eigenvalue weighted by atomic mass is 10.1. The van der Waals surface area contributed by atoms with Crippen LogP contribution in [0.4, 0.5) is 4.79 Å². The molecule has 2 heterocycles. The second-order valence-corrected chi connectivity index (χ2v) is 3.92. The maximum absolute atomic E-state index is 11.5. The van der Waals surface area contributed by atoms with Crippen LogP contribution in [0, 0.1) is 5.92 Å². The number of hydrogen-bond donors (Lipinski definition) is 1. The number of nitrogens with two attached hydrogens (primary N) is 1. The number of pyridine rings is 1. The van der Waals surface area contributed by atoms with E-state index in [4.69, 9.17) is 10.5 Å². The average Bonchev–Trinajstić information content (AvgIpc) is 2.33. The lowest BCUT2D eigenvalue weighted by Gasteiger charge is -2.31. The van der Waals surface area contributed by atoms with Gasteiger partial charge in [0.1, 0.15) is 0 Å². The van der Waals surface area contributed by atoms with Gasteiger partial charge in [-0.15, -0.1) is 0 Å². The maximum Gasteiger partial charge on any atom is 0.410 e. The summed E-state index contributed by atoms with van der Waals surface area (Å²) in [6, 6.07) is 3.79. The third kappa shape index (κ3) is 2.49. The Balaban J connectivity index is 2.00. The molecular formula is C11H15N3O2. The molecular weight excluding hydrogens is 206 g/mol. The standard InChI is InChI=1S/C11H15N3O2/c12-4-10-7-14(11(15)16-8-10)6-9-2-1-3-13-5-9/h1-3,5,10H,4,6-8,12H2. The van der Waals surface area contributed by atoms with E-state index >= 15 is 0 Å². The van der Waals surface area contributed by atoms with Crippen molar-refractivity contribution in [3.63, 3.8) is 0 Å². The number of hydrogen-bond acceptors (Lipinski definition) is 4. The van der Waals surface area contributed by atoms with Gasteiger partial charge in [-0.2, -0.15) is 0 Å². The van der Waals surface area contributed by atoms with Gasteiger partial charge in [0.15, 0.2) is 0 Å². The first-order valence-corrected chi connectivity index (χ1v) is 5.30. The summed E-state index contributed by atoms with van der Waals surface area (Å²) >= 11 is 0. The lowest BCUT2D eigenvalue weighted by Crippen LogP contribution is -2.44. The second kappa shape index (κ2) is 4.94. The molecule has 0 saturated carbocycles. The predicted molar refractivity (Wildman–Crippen MR) is 58.5 cm³/mol. The van der Waals surface area contributed by atoms with Gasteiger partial charge in [0, 0.05) is 31.4 Å². The van der Waals surface area contributed by atoms with E-state index in [0.29, 0.717) is 26.2 Å². The lowest BCUT2D eigenvalue weighted by molar-refractivity contribution is 0.0425. The minimum absolute atomic E-state index is 0.231. The van der Waals surface area contributed by atoms with Crippen molar-refractivity contribution in [1.82, 2.24) is 9.88 Å². The van der Waals surface area contributed by atoms with E-state index in [9.17, 15) is 4.79 Å². The van der Waals surface area contributed by atoms with E-state index in [-0.39, 0.29) is 12.0 Å². The second-order valence-electron chi connectivity index (χ2n) is 3.92. The number of rotatable bonds is 3. The molecule has 0 aliphatic carbocycles. The van der Waals surface area contributed by atoms with Gasteiger partial charge in [-0.1, -0.05) is 6.07 Å². The van der Waals surface area contributed by atoms with Gasteiger partial charge in [0.25, 0.3) is 0 Å². The number of aromatic nitrogens is 1. The zero-order valence-electron chi connectivity index (χ0n) is 9.00. The fourth-order valence-electron chi connectivity index (χ4n) is 1.70. The summed E-state index contributed by atoms with van der Waals surface area (Å²) in [6.07, 6.45) is 3.19. The first kappa shape index (κ1) is 10.9. The Kier molecular flexibility index (Phi) is 3.36. The minimum Gasteiger partial charge on any atom is -0.449 e. The van der Waals surface area contributed by atoms with Gasteiger partial charge in [-0.25, -0.2) is 4.79 Å². The molecule has 1 aromatic heterocycles. The van der Waals surface area contributed by atoms with Crippen molar-refractivity contribution in [1.29, 1.82) is 0 Å². The van der Waals surface area contributed by atoms with E-state index < -0.39 is 0 Å². The highest BCUT2D eigenvalue weighted by atomic mass is 16.6. The average molecular weight is 221 g/mol. The Morgan fingerprint density at radius 2 is 2.50 bits per heavy atom. The van der Waals surface area contributed by atoms with Crippen LogP contribution >= 0.6 is 0 Å². The van der Waals surface area contributed by atoms with E-state index in [1.165, 1.54) is 0 Å². The highest BCUT2D eigenvalue weighted by Crippen LogP contribution is 2.13. The van der Waals surface area contributed by atoms with Crippen molar-refractivity contribution in [2.45, 2.75) is 6.54 Å². The molecule has 0 radical (unpaired) electrons. The van der Waals surface area contributed by atoms with Crippen molar-refractivity contribution in [3.8, 4) is 0 Å². The van der Waals surface area contributed by atoms with Crippen LogP contribution in [0.25, 0.3) is 0 Å². The smallest absolute Gasteiger partial charge is 0.410 e. The number of carbonyl (C=O) groups excluding carboxylic acids is 1. The summed E-state index contributed by atoms with van der Waals surface area (Å²) < 4.78 is 5.05. The molecule has 1 saturated heterocycles. The molecule has 1 atom stereocenters. The van der Waals surface area contributed by atoms with Gasteiger partial charge in [0.2, 0.25) is 0 Å². The van der Waals surface area contributed by atoms with E-state index in [2.05, 4.69) is 4.98 Å². The van der Waals surface area contributed by atoms with E-state index in [0.717, 1.165) is 5.56 Å². The van der Waals surface area contributed by atoms with Crippen LogP contribution in [-0.2, 0) is 11.3 Å². The number of carbonyl (C=O) groups is 1. The summed E-state index contributed by atoms with van der Waals surface area (Å²) in [6.45, 7) is 2.16. The van der Waals surface area contributed by atoms with Crippen LogP contribution in [0.1, 0.15) is 5.56 Å². The highest BCUT2D eigenvalue weighted by molar-refractivity contribution is 5.68. The summed E-state index contributed by atoms with van der Waals surface area (Å²) in [5.41, 5.74) is 6.57. The SMILES string of the molecule is NCC1COC(=O)N(Cc2cccnc2)C1. The fraction of sp³-hybridized carbons (Fsp3) is 0.455. The van der Waals surface area contributed by atoms with Gasteiger partial charge >= 0.3 is 6.09 Å². The zero-order valence-corrected chi connectivity index (χ0v) is 9.00. The third-order valence-electron chi connectivity index (χ3n) is 2.61. The monoisotopic (exact) mass is 221 g/mol. The van der Waals surface area contributed by atoms with Gasteiger partial charge in [-0.3, -0.25) is 4.98 Å². The Morgan fingerprint density at radius 3 is 3.19 bits per heavy atom. The molecule has 16 heavy (non-hydrogen) atoms. The Labute approximate surface area is 94.2 Å². The summed E-state index contributed by atoms with van der Waals surface area (Å²) in [4.78, 5) is 17.2. The van der Waals surface area contributed by atoms with Gasteiger partial charge in [0.05, 0.1) is 13.2 Å². The molecule has 5 heteroatoms.